The Hall–Kier alpha value is -3.73. The van der Waals surface area contributed by atoms with Crippen molar-refractivity contribution in [1.29, 1.82) is 0 Å². The van der Waals surface area contributed by atoms with Crippen LogP contribution in [0.15, 0.2) is 36.4 Å². The Labute approximate surface area is 201 Å². The molecule has 182 valence electrons. The van der Waals surface area contributed by atoms with Crippen molar-refractivity contribution >= 4 is 38.5 Å². The lowest BCUT2D eigenvalue weighted by Crippen LogP contribution is -2.23. The number of hydrogen-bond acceptors (Lipinski definition) is 7. The monoisotopic (exact) mass is 496 g/mol. The van der Waals surface area contributed by atoms with Crippen LogP contribution in [0.3, 0.4) is 0 Å². The molecule has 0 aliphatic carbocycles. The lowest BCUT2D eigenvalue weighted by Gasteiger charge is -2.22. The van der Waals surface area contributed by atoms with Crippen molar-refractivity contribution in [1.82, 2.24) is 25.1 Å². The predicted molar refractivity (Wildman–Crippen MR) is 132 cm³/mol. The molecule has 4 aromatic rings. The molecular weight excluding hydrogens is 471 g/mol. The number of benzene rings is 1. The number of H-pyrrole nitrogens is 2. The summed E-state index contributed by atoms with van der Waals surface area (Å²) in [5.41, 5.74) is 2.96. The van der Waals surface area contributed by atoms with Gasteiger partial charge < -0.3 is 15.0 Å². The predicted octanol–water partition coefficient (Wildman–Crippen LogP) is 4.99. The van der Waals surface area contributed by atoms with Crippen LogP contribution in [-0.4, -0.2) is 45.1 Å². The molecule has 11 heteroatoms. The molecule has 1 saturated heterocycles. The molecule has 0 unspecified atom stereocenters. The first kappa shape index (κ1) is 23.0. The molecule has 9 nitrogen and oxygen atoms in total. The average molecular weight is 497 g/mol. The average Bonchev–Trinajstić information content (AvgIpc) is 3.42. The third kappa shape index (κ3) is 5.04. The fourth-order valence-electron chi connectivity index (χ4n) is 4.21. The molecule has 0 bridgehead atoms. The van der Waals surface area contributed by atoms with E-state index in [0.29, 0.717) is 41.1 Å². The van der Waals surface area contributed by atoms with Gasteiger partial charge in [-0.3, -0.25) is 5.10 Å². The number of sulfone groups is 1. The number of aromatic nitrogens is 5. The minimum absolute atomic E-state index is 0.000889. The van der Waals surface area contributed by atoms with Gasteiger partial charge in [0.15, 0.2) is 17.4 Å². The molecule has 0 radical (unpaired) electrons. The number of anilines is 2. The lowest BCUT2D eigenvalue weighted by molar-refractivity contribution is 0.410. The number of nitrogens with one attached hydrogen (secondary N) is 3. The molecule has 4 heterocycles. The molecule has 0 atom stereocenters. The fourth-order valence-corrected chi connectivity index (χ4v) is 5.70. The van der Waals surface area contributed by atoms with Crippen molar-refractivity contribution in [3.8, 4) is 11.8 Å². The van der Waals surface area contributed by atoms with E-state index >= 15 is 4.39 Å². The van der Waals surface area contributed by atoms with E-state index in [9.17, 15) is 8.42 Å². The number of ether oxygens (including phenoxy) is 1. The quantitative estimate of drug-likeness (QED) is 0.343. The van der Waals surface area contributed by atoms with Crippen LogP contribution in [0.1, 0.15) is 42.8 Å². The zero-order valence-electron chi connectivity index (χ0n) is 19.3. The maximum Gasteiger partial charge on any atom is 0.324 e. The van der Waals surface area contributed by atoms with Crippen LogP contribution in [0.25, 0.3) is 17.0 Å². The van der Waals surface area contributed by atoms with Gasteiger partial charge in [-0.15, -0.1) is 0 Å². The Bertz CT molecular complexity index is 1510. The van der Waals surface area contributed by atoms with Gasteiger partial charge in [0.2, 0.25) is 0 Å². The fraction of sp³-hybridized carbons (Fsp3) is 0.292. The summed E-state index contributed by atoms with van der Waals surface area (Å²) in [6.07, 6.45) is 4.67. The minimum atomic E-state index is -3.03. The van der Waals surface area contributed by atoms with E-state index in [-0.39, 0.29) is 29.2 Å². The highest BCUT2D eigenvalue weighted by Gasteiger charge is 2.27. The molecule has 0 amide bonds. The summed E-state index contributed by atoms with van der Waals surface area (Å²) in [4.78, 5) is 12.0. The zero-order chi connectivity index (χ0) is 24.6. The van der Waals surface area contributed by atoms with Crippen LogP contribution in [0, 0.1) is 12.7 Å². The second-order valence-electron chi connectivity index (χ2n) is 8.61. The number of allylic oxidation sites excluding steroid dienone is 1. The number of aryl methyl sites for hydroxylation is 1. The van der Waals surface area contributed by atoms with Crippen molar-refractivity contribution in [2.45, 2.75) is 32.6 Å². The molecule has 0 saturated carbocycles. The van der Waals surface area contributed by atoms with Gasteiger partial charge in [0.1, 0.15) is 15.7 Å². The zero-order valence-corrected chi connectivity index (χ0v) is 20.1. The largest absolute Gasteiger partial charge is 0.421 e. The molecule has 3 aromatic heterocycles. The second kappa shape index (κ2) is 9.14. The Morgan fingerprint density at radius 3 is 2.71 bits per heavy atom. The Balaban J connectivity index is 1.49. The molecule has 35 heavy (non-hydrogen) atoms. The van der Waals surface area contributed by atoms with Crippen molar-refractivity contribution in [2.75, 3.05) is 16.8 Å². The van der Waals surface area contributed by atoms with E-state index in [1.54, 1.807) is 18.2 Å². The van der Waals surface area contributed by atoms with Crippen molar-refractivity contribution in [3.05, 3.63) is 59.3 Å². The van der Waals surface area contributed by atoms with Crippen LogP contribution >= 0.6 is 0 Å². The number of halogens is 1. The van der Waals surface area contributed by atoms with Gasteiger partial charge in [0.05, 0.1) is 22.9 Å². The Kier molecular flexibility index (Phi) is 6.01. The van der Waals surface area contributed by atoms with Gasteiger partial charge in [-0.25, -0.2) is 12.8 Å². The van der Waals surface area contributed by atoms with Gasteiger partial charge in [-0.1, -0.05) is 6.08 Å². The first-order valence-electron chi connectivity index (χ1n) is 11.3. The summed E-state index contributed by atoms with van der Waals surface area (Å²) < 4.78 is 44.8. The summed E-state index contributed by atoms with van der Waals surface area (Å²) in [5.74, 6) is 0.562. The van der Waals surface area contributed by atoms with Gasteiger partial charge in [-0.05, 0) is 51.0 Å². The van der Waals surface area contributed by atoms with Crippen LogP contribution in [0.4, 0.5) is 16.0 Å². The van der Waals surface area contributed by atoms with Gasteiger partial charge in [-0.2, -0.15) is 15.1 Å². The second-order valence-corrected chi connectivity index (χ2v) is 10.9. The van der Waals surface area contributed by atoms with E-state index in [4.69, 9.17) is 4.74 Å². The number of aromatic amines is 2. The van der Waals surface area contributed by atoms with Crippen LogP contribution in [0.2, 0.25) is 0 Å². The van der Waals surface area contributed by atoms with Gasteiger partial charge in [0.25, 0.3) is 0 Å². The van der Waals surface area contributed by atoms with Crippen LogP contribution in [0.5, 0.6) is 11.8 Å². The summed E-state index contributed by atoms with van der Waals surface area (Å²) in [5, 5.41) is 10.7. The molecule has 1 aliphatic rings. The minimum Gasteiger partial charge on any atom is -0.421 e. The summed E-state index contributed by atoms with van der Waals surface area (Å²) in [6, 6.07) is 8.52. The van der Waals surface area contributed by atoms with Crippen molar-refractivity contribution < 1.29 is 17.5 Å². The molecular formula is C24H25FN6O3S. The highest BCUT2D eigenvalue weighted by Crippen LogP contribution is 2.33. The molecule has 1 fully saturated rings. The Morgan fingerprint density at radius 1 is 1.14 bits per heavy atom. The molecule has 1 aromatic carbocycles. The maximum atomic E-state index is 15.1. The van der Waals surface area contributed by atoms with Crippen molar-refractivity contribution in [3.63, 3.8) is 0 Å². The number of rotatable bonds is 6. The normalized spacial score (nSPS) is 16.2. The molecule has 1 aliphatic heterocycles. The topological polar surface area (TPSA) is 126 Å². The molecule has 5 rings (SSSR count). The highest BCUT2D eigenvalue weighted by atomic mass is 32.2. The van der Waals surface area contributed by atoms with E-state index in [1.807, 2.05) is 32.1 Å². The first-order valence-corrected chi connectivity index (χ1v) is 13.1. The number of fused-ring (bicyclic) bond motifs is 1. The van der Waals surface area contributed by atoms with E-state index in [2.05, 4.69) is 30.5 Å². The van der Waals surface area contributed by atoms with Gasteiger partial charge in [0, 0.05) is 34.6 Å². The molecule has 0 spiro atoms. The van der Waals surface area contributed by atoms with Crippen LogP contribution in [-0.2, 0) is 9.84 Å². The lowest BCUT2D eigenvalue weighted by atomic mass is 9.98. The number of hydrogen-bond donors (Lipinski definition) is 3. The Morgan fingerprint density at radius 2 is 1.94 bits per heavy atom. The smallest absolute Gasteiger partial charge is 0.324 e. The van der Waals surface area contributed by atoms with E-state index < -0.39 is 15.7 Å². The van der Waals surface area contributed by atoms with Crippen LogP contribution < -0.4 is 10.1 Å². The standard InChI is InChI=1S/C24H25FN6O3S/c1-3-4-16-12-22(31-30-16)28-21-13-19(15-7-9-35(32,33)10-8-15)27-24(29-21)34-20-6-5-18-17(23(20)25)11-14(2)26-18/h3-6,11-13,15,26H,7-10H2,1-2H3,(H2,27,28,29,30,31)/b4-3+. The SMILES string of the molecule is C/C=C/c1cc(Nc2cc(C3CCS(=O)(=O)CC3)nc(Oc3ccc4[nH]c(C)cc4c3F)n2)n[nH]1. The summed E-state index contributed by atoms with van der Waals surface area (Å²) in [6.45, 7) is 3.76. The summed E-state index contributed by atoms with van der Waals surface area (Å²) >= 11 is 0. The first-order chi connectivity index (χ1) is 16.8. The van der Waals surface area contributed by atoms with Gasteiger partial charge >= 0.3 is 6.01 Å². The maximum absolute atomic E-state index is 15.1. The molecule has 3 N–H and O–H groups in total. The third-order valence-electron chi connectivity index (χ3n) is 5.94. The van der Waals surface area contributed by atoms with E-state index in [1.165, 1.54) is 6.07 Å². The van der Waals surface area contributed by atoms with E-state index in [0.717, 1.165) is 11.4 Å². The number of nitrogens with zero attached hydrogens (tertiary/aromatic N) is 3. The van der Waals surface area contributed by atoms with Crippen molar-refractivity contribution in [2.24, 2.45) is 0 Å². The highest BCUT2D eigenvalue weighted by molar-refractivity contribution is 7.91. The summed E-state index contributed by atoms with van der Waals surface area (Å²) in [7, 11) is -3.03. The third-order valence-corrected chi connectivity index (χ3v) is 7.65.